The zero-order valence-electron chi connectivity index (χ0n) is 11.1. The molecule has 0 aliphatic rings. The molecule has 2 rings (SSSR count). The van der Waals surface area contributed by atoms with Crippen molar-refractivity contribution in [3.63, 3.8) is 0 Å². The minimum atomic E-state index is -5.75. The van der Waals surface area contributed by atoms with Crippen LogP contribution in [0.5, 0.6) is 11.5 Å². The molecule has 122 valence electrons. The lowest BCUT2D eigenvalue weighted by atomic mass is 10.2. The van der Waals surface area contributed by atoms with E-state index >= 15 is 0 Å². The van der Waals surface area contributed by atoms with E-state index in [1.165, 1.54) is 30.3 Å². The van der Waals surface area contributed by atoms with Gasteiger partial charge in [-0.1, -0.05) is 24.8 Å². The maximum absolute atomic E-state index is 13.7. The Balaban J connectivity index is 2.57. The van der Waals surface area contributed by atoms with Gasteiger partial charge in [-0.2, -0.15) is 8.78 Å². The first kappa shape index (κ1) is 17.0. The number of halogens is 4. The van der Waals surface area contributed by atoms with E-state index in [1.54, 1.807) is 0 Å². The highest BCUT2D eigenvalue weighted by atomic mass is 32.2. The van der Waals surface area contributed by atoms with E-state index in [4.69, 9.17) is 4.74 Å². The van der Waals surface area contributed by atoms with E-state index < -0.39 is 44.0 Å². The zero-order valence-corrected chi connectivity index (χ0v) is 12.0. The summed E-state index contributed by atoms with van der Waals surface area (Å²) in [4.78, 5) is -2.23. The first-order valence-electron chi connectivity index (χ1n) is 5.89. The highest BCUT2D eigenvalue weighted by molar-refractivity contribution is 7.85. The molecule has 0 radical (unpaired) electrons. The van der Waals surface area contributed by atoms with E-state index in [0.717, 1.165) is 0 Å². The Bertz CT molecular complexity index is 848. The van der Waals surface area contributed by atoms with Crippen LogP contribution in [0.2, 0.25) is 0 Å². The van der Waals surface area contributed by atoms with Gasteiger partial charge in [0.25, 0.3) is 0 Å². The summed E-state index contributed by atoms with van der Waals surface area (Å²) in [6.07, 6.45) is 1.47. The van der Waals surface area contributed by atoms with E-state index in [0.29, 0.717) is 5.56 Å². The summed E-state index contributed by atoms with van der Waals surface area (Å²) in [5.74, 6) is -10.6. The predicted octanol–water partition coefficient (Wildman–Crippen LogP) is 3.58. The summed E-state index contributed by atoms with van der Waals surface area (Å²) in [5, 5.41) is 0. The van der Waals surface area contributed by atoms with Crippen LogP contribution in [-0.4, -0.2) is 13.0 Å². The Morgan fingerprint density at radius 2 is 1.43 bits per heavy atom. The van der Waals surface area contributed by atoms with Crippen molar-refractivity contribution in [1.29, 1.82) is 0 Å². The highest BCUT2D eigenvalue weighted by Gasteiger charge is 2.30. The average molecular weight is 347 g/mol. The van der Waals surface area contributed by atoms with Crippen LogP contribution >= 0.6 is 0 Å². The Morgan fingerprint density at radius 3 is 1.83 bits per heavy atom. The average Bonchev–Trinajstić information content (AvgIpc) is 2.49. The molecule has 4 nitrogen and oxygen atoms in total. The quantitative estimate of drug-likeness (QED) is 0.482. The first-order chi connectivity index (χ1) is 10.7. The number of benzene rings is 2. The summed E-state index contributed by atoms with van der Waals surface area (Å²) in [6.45, 7) is 3.48. The fraction of sp³-hybridized carbons (Fsp3) is 0. The highest BCUT2D eigenvalue weighted by Crippen LogP contribution is 2.35. The summed E-state index contributed by atoms with van der Waals surface area (Å²) in [7, 11) is -5.75. The van der Waals surface area contributed by atoms with Gasteiger partial charge in [0.2, 0.25) is 17.4 Å². The second-order valence-corrected chi connectivity index (χ2v) is 5.56. The van der Waals surface area contributed by atoms with Crippen LogP contribution in [0, 0.1) is 23.3 Å². The van der Waals surface area contributed by atoms with Gasteiger partial charge in [-0.25, -0.2) is 17.2 Å². The second-order valence-electron chi connectivity index (χ2n) is 4.24. The van der Waals surface area contributed by atoms with Crippen LogP contribution in [0.4, 0.5) is 17.6 Å². The molecular formula is C14H7F4O4S-. The van der Waals surface area contributed by atoms with Gasteiger partial charge < -0.3 is 9.29 Å². The van der Waals surface area contributed by atoms with Gasteiger partial charge in [0, 0.05) is 0 Å². The molecule has 2 aromatic rings. The van der Waals surface area contributed by atoms with Crippen molar-refractivity contribution in [3.05, 3.63) is 59.7 Å². The van der Waals surface area contributed by atoms with E-state index in [2.05, 4.69) is 6.58 Å². The summed E-state index contributed by atoms with van der Waals surface area (Å²) in [5.41, 5.74) is 0.642. The third-order valence-electron chi connectivity index (χ3n) is 2.77. The van der Waals surface area contributed by atoms with Gasteiger partial charge in [-0.15, -0.1) is 0 Å². The maximum atomic E-state index is 13.7. The maximum Gasteiger partial charge on any atom is 0.205 e. The monoisotopic (exact) mass is 347 g/mol. The fourth-order valence-electron chi connectivity index (χ4n) is 1.69. The van der Waals surface area contributed by atoms with E-state index in [-0.39, 0.29) is 5.75 Å². The molecule has 0 atom stereocenters. The van der Waals surface area contributed by atoms with Crippen LogP contribution in [0.25, 0.3) is 6.08 Å². The molecule has 0 bridgehead atoms. The van der Waals surface area contributed by atoms with Gasteiger partial charge >= 0.3 is 0 Å². The largest absolute Gasteiger partial charge is 0.744 e. The van der Waals surface area contributed by atoms with Crippen LogP contribution in [0.3, 0.4) is 0 Å². The third kappa shape index (κ3) is 3.20. The molecule has 0 fully saturated rings. The number of ether oxygens (including phenoxy) is 1. The van der Waals surface area contributed by atoms with Gasteiger partial charge in [0.05, 0.1) is 0 Å². The minimum absolute atomic E-state index is 0.176. The molecule has 23 heavy (non-hydrogen) atoms. The smallest absolute Gasteiger partial charge is 0.205 e. The Morgan fingerprint density at radius 1 is 0.957 bits per heavy atom. The Hall–Kier alpha value is -2.39. The van der Waals surface area contributed by atoms with Crippen molar-refractivity contribution in [3.8, 4) is 11.5 Å². The molecule has 0 unspecified atom stereocenters. The molecular weight excluding hydrogens is 340 g/mol. The van der Waals surface area contributed by atoms with Crippen molar-refractivity contribution >= 4 is 16.2 Å². The van der Waals surface area contributed by atoms with Gasteiger partial charge in [-0.05, 0) is 17.7 Å². The number of hydrogen-bond donors (Lipinski definition) is 0. The van der Waals surface area contributed by atoms with Crippen LogP contribution < -0.4 is 4.74 Å². The lowest BCUT2D eigenvalue weighted by Gasteiger charge is -2.14. The molecule has 0 amide bonds. The topological polar surface area (TPSA) is 66.4 Å². The van der Waals surface area contributed by atoms with E-state index in [9.17, 15) is 30.5 Å². The summed E-state index contributed by atoms with van der Waals surface area (Å²) < 4.78 is 91.4. The van der Waals surface area contributed by atoms with Crippen LogP contribution in [0.15, 0.2) is 35.7 Å². The molecule has 0 aliphatic carbocycles. The molecule has 0 saturated heterocycles. The molecule has 9 heteroatoms. The van der Waals surface area contributed by atoms with Gasteiger partial charge in [0.15, 0.2) is 11.6 Å². The second kappa shape index (κ2) is 6.01. The fourth-order valence-corrected chi connectivity index (χ4v) is 2.31. The summed E-state index contributed by atoms with van der Waals surface area (Å²) in [6, 6.07) is 5.37. The van der Waals surface area contributed by atoms with Crippen molar-refractivity contribution < 1.29 is 35.3 Å². The van der Waals surface area contributed by atoms with Crippen molar-refractivity contribution in [1.82, 2.24) is 0 Å². The molecule has 2 aromatic carbocycles. The Kier molecular flexibility index (Phi) is 4.44. The van der Waals surface area contributed by atoms with Crippen LogP contribution in [0.1, 0.15) is 5.56 Å². The molecule has 0 saturated carbocycles. The lowest BCUT2D eigenvalue weighted by molar-refractivity contribution is 0.345. The molecule has 0 aromatic heterocycles. The number of hydrogen-bond acceptors (Lipinski definition) is 4. The standard InChI is InChI=1S/C14H8F4O4S/c1-2-7-3-5-8(6-4-7)22-13-9(15)11(17)14(23(19,20)21)12(18)10(13)16/h2-6H,1H2,(H,19,20,21)/p-1. The lowest BCUT2D eigenvalue weighted by Crippen LogP contribution is -2.11. The summed E-state index contributed by atoms with van der Waals surface area (Å²) >= 11 is 0. The molecule has 0 spiro atoms. The van der Waals surface area contributed by atoms with Crippen molar-refractivity contribution in [2.24, 2.45) is 0 Å². The number of rotatable bonds is 4. The van der Waals surface area contributed by atoms with Crippen molar-refractivity contribution in [2.45, 2.75) is 4.90 Å². The van der Waals surface area contributed by atoms with Crippen LogP contribution in [-0.2, 0) is 10.1 Å². The SMILES string of the molecule is C=Cc1ccc(Oc2c(F)c(F)c(S(=O)(=O)[O-])c(F)c2F)cc1. The Labute approximate surface area is 128 Å². The van der Waals surface area contributed by atoms with Gasteiger partial charge in [-0.3, -0.25) is 0 Å². The van der Waals surface area contributed by atoms with E-state index in [1.807, 2.05) is 0 Å². The van der Waals surface area contributed by atoms with Gasteiger partial charge in [0.1, 0.15) is 20.8 Å². The van der Waals surface area contributed by atoms with Crippen molar-refractivity contribution in [2.75, 3.05) is 0 Å². The third-order valence-corrected chi connectivity index (χ3v) is 3.63. The molecule has 0 aliphatic heterocycles. The predicted molar refractivity (Wildman–Crippen MR) is 70.8 cm³/mol. The molecule has 0 heterocycles. The first-order valence-corrected chi connectivity index (χ1v) is 7.29. The molecule has 0 N–H and O–H groups in total. The minimum Gasteiger partial charge on any atom is -0.744 e. The zero-order chi connectivity index (χ0) is 17.4. The normalized spacial score (nSPS) is 11.3.